The van der Waals surface area contributed by atoms with Crippen molar-refractivity contribution in [2.45, 2.75) is 0 Å². The van der Waals surface area contributed by atoms with Gasteiger partial charge in [-0.1, -0.05) is 91.0 Å². The smallest absolute Gasteiger partial charge is 0.184 e. The first-order valence-corrected chi connectivity index (χ1v) is 11.3. The number of hydrogen-bond acceptors (Lipinski definition) is 0. The van der Waals surface area contributed by atoms with Crippen molar-refractivity contribution in [1.82, 2.24) is 0 Å². The van der Waals surface area contributed by atoms with E-state index >= 15 is 0 Å². The molecule has 155 valence electrons. The Balaban J connectivity index is 0.000000233. The molecule has 0 aliphatic heterocycles. The second-order valence-corrected chi connectivity index (χ2v) is 8.60. The van der Waals surface area contributed by atoms with Gasteiger partial charge in [-0.15, -0.1) is 0 Å². The van der Waals surface area contributed by atoms with Crippen LogP contribution in [-0.4, -0.2) is 0 Å². The summed E-state index contributed by atoms with van der Waals surface area (Å²) in [4.78, 5) is 0. The first-order valence-electron chi connectivity index (χ1n) is 9.98. The van der Waals surface area contributed by atoms with Crippen LogP contribution in [0.5, 0.6) is 0 Å². The molecule has 0 atom stereocenters. The van der Waals surface area contributed by atoms with Crippen molar-refractivity contribution in [2.24, 2.45) is 0 Å². The van der Waals surface area contributed by atoms with E-state index < -0.39 is 7.92 Å². The van der Waals surface area contributed by atoms with Crippen molar-refractivity contribution in [3.05, 3.63) is 159 Å². The molecule has 1 fully saturated rings. The van der Waals surface area contributed by atoms with E-state index in [-0.39, 0.29) is 20.4 Å². The van der Waals surface area contributed by atoms with Crippen LogP contribution in [0.2, 0.25) is 0 Å². The van der Waals surface area contributed by atoms with E-state index in [0.717, 1.165) is 0 Å². The van der Waals surface area contributed by atoms with Gasteiger partial charge in [0, 0.05) is 0 Å². The molecule has 4 aromatic rings. The summed E-state index contributed by atoms with van der Waals surface area (Å²) in [7, 11) is -0.446. The molecule has 0 saturated heterocycles. The van der Waals surface area contributed by atoms with E-state index in [1.807, 2.05) is 62.4 Å². The SMILES string of the molecule is [CH]1[CH][CH][CH][CH]1.[Pd+2].[c-]1ccccc1.c1ccc(P(c2ccccc2)c2ccccc2)cc1. The average Bonchev–Trinajstić information content (AvgIpc) is 3.44. The van der Waals surface area contributed by atoms with Crippen LogP contribution in [-0.2, 0) is 20.4 Å². The van der Waals surface area contributed by atoms with Crippen LogP contribution in [0.25, 0.3) is 0 Å². The fraction of sp³-hybridized carbons (Fsp3) is 0. The Kier molecular flexibility index (Phi) is 12.8. The molecule has 0 nitrogen and oxygen atoms in total. The maximum Gasteiger partial charge on any atom is 2.00 e. The van der Waals surface area contributed by atoms with E-state index in [4.69, 9.17) is 0 Å². The first-order chi connectivity index (χ1) is 14.9. The van der Waals surface area contributed by atoms with Gasteiger partial charge >= 0.3 is 20.4 Å². The third-order valence-electron chi connectivity index (χ3n) is 4.21. The van der Waals surface area contributed by atoms with Gasteiger partial charge < -0.3 is 0 Å². The molecule has 1 aliphatic carbocycles. The Hall–Kier alpha value is -2.03. The topological polar surface area (TPSA) is 0 Å². The summed E-state index contributed by atoms with van der Waals surface area (Å²) in [6.45, 7) is 0. The summed E-state index contributed by atoms with van der Waals surface area (Å²) in [5.74, 6) is 0. The zero-order valence-electron chi connectivity index (χ0n) is 17.2. The molecule has 0 unspecified atom stereocenters. The zero-order chi connectivity index (χ0) is 20.7. The van der Waals surface area contributed by atoms with Gasteiger partial charge in [-0.25, -0.2) is 0 Å². The van der Waals surface area contributed by atoms with Crippen LogP contribution >= 0.6 is 7.92 Å². The second kappa shape index (κ2) is 15.7. The monoisotopic (exact) mass is 510 g/mol. The normalized spacial score (nSPS) is 11.9. The van der Waals surface area contributed by atoms with E-state index in [1.165, 1.54) is 15.9 Å². The molecule has 1 saturated carbocycles. The van der Waals surface area contributed by atoms with E-state index in [2.05, 4.69) is 97.1 Å². The van der Waals surface area contributed by atoms with Crippen molar-refractivity contribution in [2.75, 3.05) is 0 Å². The minimum atomic E-state index is -0.446. The molecular weight excluding hydrogens is 486 g/mol. The Labute approximate surface area is 203 Å². The summed E-state index contributed by atoms with van der Waals surface area (Å²) in [5, 5.41) is 4.19. The van der Waals surface area contributed by atoms with Gasteiger partial charge in [0.1, 0.15) is 0 Å². The summed E-state index contributed by atoms with van der Waals surface area (Å²) < 4.78 is 0. The quantitative estimate of drug-likeness (QED) is 0.181. The second-order valence-electron chi connectivity index (χ2n) is 6.38. The summed E-state index contributed by atoms with van der Waals surface area (Å²) in [6, 6.07) is 44.8. The maximum atomic E-state index is 2.89. The predicted octanol–water partition coefficient (Wildman–Crippen LogP) is 5.95. The largest absolute Gasteiger partial charge is 2.00 e. The molecule has 0 spiro atoms. The average molecular weight is 511 g/mol. The summed E-state index contributed by atoms with van der Waals surface area (Å²) in [5.41, 5.74) is 0. The predicted molar refractivity (Wildman–Crippen MR) is 132 cm³/mol. The Morgan fingerprint density at radius 2 is 0.677 bits per heavy atom. The Bertz CT molecular complexity index is 780. The zero-order valence-corrected chi connectivity index (χ0v) is 19.6. The Morgan fingerprint density at radius 1 is 0.387 bits per heavy atom. The molecule has 0 heterocycles. The van der Waals surface area contributed by atoms with Crippen molar-refractivity contribution in [1.29, 1.82) is 0 Å². The molecule has 31 heavy (non-hydrogen) atoms. The fourth-order valence-corrected chi connectivity index (χ4v) is 5.15. The van der Waals surface area contributed by atoms with Crippen LogP contribution in [0, 0.1) is 38.2 Å². The third-order valence-corrected chi connectivity index (χ3v) is 6.65. The van der Waals surface area contributed by atoms with Gasteiger partial charge in [0.15, 0.2) is 0 Å². The summed E-state index contributed by atoms with van der Waals surface area (Å²) in [6.07, 6.45) is 10.0. The van der Waals surface area contributed by atoms with E-state index in [1.54, 1.807) is 0 Å². The van der Waals surface area contributed by atoms with Gasteiger partial charge in [0.05, 0.1) is 0 Å². The van der Waals surface area contributed by atoms with Gasteiger partial charge in [-0.2, -0.15) is 36.4 Å². The van der Waals surface area contributed by atoms with Gasteiger partial charge in [0.2, 0.25) is 0 Å². The fourth-order valence-electron chi connectivity index (χ4n) is 2.84. The molecular formula is C29H25PPd+. The van der Waals surface area contributed by atoms with Crippen LogP contribution in [0.1, 0.15) is 0 Å². The van der Waals surface area contributed by atoms with Crippen molar-refractivity contribution in [3.8, 4) is 0 Å². The van der Waals surface area contributed by atoms with E-state index in [9.17, 15) is 0 Å². The van der Waals surface area contributed by atoms with Crippen LogP contribution in [0.4, 0.5) is 0 Å². The molecule has 4 aromatic carbocycles. The number of hydrogen-bond donors (Lipinski definition) is 0. The summed E-state index contributed by atoms with van der Waals surface area (Å²) >= 11 is 0. The molecule has 5 radical (unpaired) electrons. The molecule has 1 aliphatic rings. The molecule has 0 N–H and O–H groups in total. The van der Waals surface area contributed by atoms with Gasteiger partial charge in [0.25, 0.3) is 0 Å². The molecule has 0 aromatic heterocycles. The molecule has 2 heteroatoms. The minimum Gasteiger partial charge on any atom is -0.184 e. The van der Waals surface area contributed by atoms with E-state index in [0.29, 0.717) is 0 Å². The van der Waals surface area contributed by atoms with Crippen LogP contribution < -0.4 is 15.9 Å². The standard InChI is InChI=1S/C18H15P.C6H5.C5H5.Pd/c1-4-10-16(11-5-1)19(17-12-6-2-7-13-17)18-14-8-3-9-15-18;1-2-4-6-5-3-1;1-2-4-5-3-1;/h1-15H;1-5H;1-5H;/q;-1;;+2. The first kappa shape index (κ1) is 25.2. The number of benzene rings is 4. The van der Waals surface area contributed by atoms with Crippen molar-refractivity contribution < 1.29 is 20.4 Å². The van der Waals surface area contributed by atoms with Crippen LogP contribution in [0.3, 0.4) is 0 Å². The van der Waals surface area contributed by atoms with Crippen molar-refractivity contribution >= 4 is 23.8 Å². The maximum absolute atomic E-state index is 2.89. The molecule has 5 rings (SSSR count). The van der Waals surface area contributed by atoms with Gasteiger partial charge in [-0.3, -0.25) is 0 Å². The number of rotatable bonds is 3. The Morgan fingerprint density at radius 3 is 0.903 bits per heavy atom. The minimum absolute atomic E-state index is 0. The van der Waals surface area contributed by atoms with Crippen molar-refractivity contribution in [3.63, 3.8) is 0 Å². The third kappa shape index (κ3) is 9.33. The van der Waals surface area contributed by atoms with Gasteiger partial charge in [-0.05, 0) is 55.9 Å². The molecule has 0 amide bonds. The van der Waals surface area contributed by atoms with Crippen LogP contribution in [0.15, 0.2) is 121 Å². The molecule has 0 bridgehead atoms.